The van der Waals surface area contributed by atoms with Crippen LogP contribution >= 0.6 is 0 Å². The van der Waals surface area contributed by atoms with Crippen molar-refractivity contribution in [3.63, 3.8) is 0 Å². The Bertz CT molecular complexity index is 1030. The molecule has 0 saturated carbocycles. The number of hydrogen-bond donors (Lipinski definition) is 2. The van der Waals surface area contributed by atoms with Crippen molar-refractivity contribution in [3.05, 3.63) is 43.1 Å². The number of fused-ring (bicyclic) bond motifs is 2. The Kier molecular flexibility index (Phi) is 4.28. The van der Waals surface area contributed by atoms with E-state index >= 15 is 0 Å². The van der Waals surface area contributed by atoms with Crippen LogP contribution in [0.1, 0.15) is 39.5 Å². The second kappa shape index (κ2) is 6.77. The monoisotopic (exact) mass is 405 g/mol. The molecule has 0 aliphatic carbocycles. The first-order chi connectivity index (χ1) is 14.3. The van der Waals surface area contributed by atoms with Gasteiger partial charge in [-0.1, -0.05) is 0 Å². The van der Waals surface area contributed by atoms with Crippen LogP contribution in [0.15, 0.2) is 43.1 Å². The van der Waals surface area contributed by atoms with Crippen LogP contribution in [0.4, 0.5) is 5.95 Å². The molecule has 1 aromatic carbocycles. The Labute approximate surface area is 176 Å². The Morgan fingerprint density at radius 2 is 1.93 bits per heavy atom. The molecule has 2 fully saturated rings. The lowest BCUT2D eigenvalue weighted by Crippen LogP contribution is -2.58. The van der Waals surface area contributed by atoms with Gasteiger partial charge < -0.3 is 19.9 Å². The average molecular weight is 406 g/mol. The molecular weight excluding hydrogens is 378 g/mol. The number of anilines is 1. The van der Waals surface area contributed by atoms with Crippen LogP contribution in [-0.4, -0.2) is 54.0 Å². The maximum Gasteiger partial charge on any atom is 0.245 e. The van der Waals surface area contributed by atoms with Gasteiger partial charge in [-0.3, -0.25) is 0 Å². The highest BCUT2D eigenvalue weighted by Gasteiger charge is 2.49. The average Bonchev–Trinajstić information content (AvgIpc) is 3.33. The molecule has 8 heteroatoms. The van der Waals surface area contributed by atoms with Crippen molar-refractivity contribution in [1.29, 1.82) is 0 Å². The number of phenols is 1. The zero-order valence-electron chi connectivity index (χ0n) is 17.6. The number of aromatic nitrogens is 5. The van der Waals surface area contributed by atoms with E-state index in [1.807, 2.05) is 22.9 Å². The van der Waals surface area contributed by atoms with Gasteiger partial charge in [0.1, 0.15) is 11.4 Å². The standard InChI is InChI=1S/C22H27N7O/c1-21-6-7-22(2,27-21)12-16(11-21)28(3)20-24-13-18(25-26-20)17-5-4-15(10-19(17)30)29-9-8-23-14-29/h4-5,8-10,13-14,16,27,30H,6-7,11-12H2,1-3H3/t16?,21-,22+. The number of imidazole rings is 1. The predicted molar refractivity (Wildman–Crippen MR) is 115 cm³/mol. The molecule has 2 aliphatic rings. The maximum atomic E-state index is 10.5. The fourth-order valence-corrected chi connectivity index (χ4v) is 5.12. The van der Waals surface area contributed by atoms with Crippen LogP contribution < -0.4 is 10.2 Å². The van der Waals surface area contributed by atoms with Crippen molar-refractivity contribution in [3.8, 4) is 22.7 Å². The van der Waals surface area contributed by atoms with Gasteiger partial charge in [0.05, 0.1) is 18.2 Å². The van der Waals surface area contributed by atoms with E-state index < -0.39 is 0 Å². The quantitative estimate of drug-likeness (QED) is 0.689. The van der Waals surface area contributed by atoms with Crippen molar-refractivity contribution in [2.24, 2.45) is 0 Å². The fraction of sp³-hybridized carbons (Fsp3) is 0.455. The summed E-state index contributed by atoms with van der Waals surface area (Å²) in [4.78, 5) is 10.8. The van der Waals surface area contributed by atoms with E-state index in [1.165, 1.54) is 12.8 Å². The van der Waals surface area contributed by atoms with Gasteiger partial charge in [-0.15, -0.1) is 10.2 Å². The third-order valence-corrected chi connectivity index (χ3v) is 6.68. The molecule has 3 atom stereocenters. The van der Waals surface area contributed by atoms with E-state index in [1.54, 1.807) is 24.8 Å². The first kappa shape index (κ1) is 19.0. The highest BCUT2D eigenvalue weighted by atomic mass is 16.3. The lowest BCUT2D eigenvalue weighted by atomic mass is 9.84. The minimum atomic E-state index is 0.134. The summed E-state index contributed by atoms with van der Waals surface area (Å²) in [6.07, 6.45) is 11.5. The van der Waals surface area contributed by atoms with E-state index in [0.717, 1.165) is 18.5 Å². The molecule has 8 nitrogen and oxygen atoms in total. The molecule has 4 heterocycles. The van der Waals surface area contributed by atoms with Crippen LogP contribution in [-0.2, 0) is 0 Å². The lowest BCUT2D eigenvalue weighted by Gasteiger charge is -2.45. The second-order valence-corrected chi connectivity index (χ2v) is 9.23. The highest BCUT2D eigenvalue weighted by Crippen LogP contribution is 2.43. The highest BCUT2D eigenvalue weighted by molar-refractivity contribution is 5.68. The number of aromatic hydroxyl groups is 1. The molecule has 0 amide bonds. The van der Waals surface area contributed by atoms with Gasteiger partial charge in [0.25, 0.3) is 0 Å². The Morgan fingerprint density at radius 1 is 1.17 bits per heavy atom. The number of hydrogen-bond acceptors (Lipinski definition) is 7. The first-order valence-corrected chi connectivity index (χ1v) is 10.4. The van der Waals surface area contributed by atoms with E-state index in [2.05, 4.69) is 51.3 Å². The minimum absolute atomic E-state index is 0.134. The molecular formula is C22H27N7O. The van der Waals surface area contributed by atoms with E-state index in [0.29, 0.717) is 23.2 Å². The zero-order chi connectivity index (χ0) is 20.9. The van der Waals surface area contributed by atoms with Crippen LogP contribution in [0.5, 0.6) is 5.75 Å². The summed E-state index contributed by atoms with van der Waals surface area (Å²) < 4.78 is 1.83. The van der Waals surface area contributed by atoms with E-state index in [9.17, 15) is 5.11 Å². The van der Waals surface area contributed by atoms with Crippen LogP contribution in [0, 0.1) is 0 Å². The molecule has 2 bridgehead atoms. The number of nitrogens with zero attached hydrogens (tertiary/aromatic N) is 6. The lowest BCUT2D eigenvalue weighted by molar-refractivity contribution is 0.207. The van der Waals surface area contributed by atoms with Gasteiger partial charge in [-0.2, -0.15) is 0 Å². The SMILES string of the molecule is CN(c1ncc(-c2ccc(-n3ccnc3)cc2O)nn1)C1C[C@]2(C)CC[C@](C)(C1)N2. The molecule has 2 aromatic heterocycles. The summed E-state index contributed by atoms with van der Waals surface area (Å²) in [7, 11) is 2.05. The number of rotatable bonds is 4. The van der Waals surface area contributed by atoms with Crippen molar-refractivity contribution >= 4 is 5.95 Å². The molecule has 0 radical (unpaired) electrons. The van der Waals surface area contributed by atoms with Crippen LogP contribution in [0.25, 0.3) is 16.9 Å². The Hall–Kier alpha value is -3.00. The zero-order valence-corrected chi connectivity index (χ0v) is 17.6. The number of benzene rings is 1. The molecule has 156 valence electrons. The first-order valence-electron chi connectivity index (χ1n) is 10.4. The molecule has 2 saturated heterocycles. The maximum absolute atomic E-state index is 10.5. The van der Waals surface area contributed by atoms with Crippen molar-refractivity contribution in [1.82, 2.24) is 30.0 Å². The van der Waals surface area contributed by atoms with Crippen molar-refractivity contribution in [2.75, 3.05) is 11.9 Å². The van der Waals surface area contributed by atoms with E-state index in [-0.39, 0.29) is 16.8 Å². The van der Waals surface area contributed by atoms with Gasteiger partial charge >= 0.3 is 0 Å². The Morgan fingerprint density at radius 3 is 2.53 bits per heavy atom. The van der Waals surface area contributed by atoms with Crippen LogP contribution in [0.2, 0.25) is 0 Å². The van der Waals surface area contributed by atoms with Crippen molar-refractivity contribution < 1.29 is 5.11 Å². The molecule has 5 rings (SSSR count). The molecule has 3 aromatic rings. The molecule has 30 heavy (non-hydrogen) atoms. The molecule has 0 spiro atoms. The van der Waals surface area contributed by atoms with Crippen molar-refractivity contribution in [2.45, 2.75) is 56.7 Å². The smallest absolute Gasteiger partial charge is 0.245 e. The van der Waals surface area contributed by atoms with Gasteiger partial charge in [-0.25, -0.2) is 9.97 Å². The van der Waals surface area contributed by atoms with Gasteiger partial charge in [0, 0.05) is 48.2 Å². The third-order valence-electron chi connectivity index (χ3n) is 6.68. The van der Waals surface area contributed by atoms with Crippen LogP contribution in [0.3, 0.4) is 0 Å². The number of phenolic OH excluding ortho intramolecular Hbond substituents is 1. The fourth-order valence-electron chi connectivity index (χ4n) is 5.12. The Balaban J connectivity index is 1.36. The second-order valence-electron chi connectivity index (χ2n) is 9.23. The summed E-state index contributed by atoms with van der Waals surface area (Å²) in [6, 6.07) is 5.79. The van der Waals surface area contributed by atoms with Gasteiger partial charge in [0.2, 0.25) is 5.95 Å². The summed E-state index contributed by atoms with van der Waals surface area (Å²) in [5, 5.41) is 23.1. The minimum Gasteiger partial charge on any atom is -0.507 e. The predicted octanol–water partition coefficient (Wildman–Crippen LogP) is 2.93. The largest absolute Gasteiger partial charge is 0.507 e. The molecule has 2 N–H and O–H groups in total. The summed E-state index contributed by atoms with van der Waals surface area (Å²) >= 11 is 0. The molecule has 1 unspecified atom stereocenters. The summed E-state index contributed by atoms with van der Waals surface area (Å²) in [5.41, 5.74) is 2.34. The summed E-state index contributed by atoms with van der Waals surface area (Å²) in [5.74, 6) is 0.751. The van der Waals surface area contributed by atoms with Gasteiger partial charge in [-0.05, 0) is 51.7 Å². The topological polar surface area (TPSA) is 92.0 Å². The molecule has 2 aliphatic heterocycles. The number of piperidine rings is 1. The number of nitrogens with one attached hydrogen (secondary N) is 1. The third kappa shape index (κ3) is 3.31. The van der Waals surface area contributed by atoms with Gasteiger partial charge in [0.15, 0.2) is 0 Å². The summed E-state index contributed by atoms with van der Waals surface area (Å²) in [6.45, 7) is 4.63. The van der Waals surface area contributed by atoms with E-state index in [4.69, 9.17) is 0 Å². The normalized spacial score (nSPS) is 27.9.